The maximum Gasteiger partial charge on any atom is 0.251 e. The lowest BCUT2D eigenvalue weighted by Crippen LogP contribution is -2.51. The first-order valence-electron chi connectivity index (χ1n) is 10.6. The number of ether oxygens (including phenoxy) is 3. The van der Waals surface area contributed by atoms with Crippen LogP contribution in [-0.2, 0) is 11.3 Å². The van der Waals surface area contributed by atoms with Crippen molar-refractivity contribution in [2.24, 2.45) is 5.92 Å². The average molecular weight is 447 g/mol. The van der Waals surface area contributed by atoms with Gasteiger partial charge in [0.1, 0.15) is 6.61 Å². The number of hydrogen-bond acceptors (Lipinski definition) is 5. The molecule has 0 spiro atoms. The molecule has 1 aliphatic heterocycles. The molecule has 1 saturated heterocycles. The zero-order chi connectivity index (χ0) is 22.2. The molecule has 1 fully saturated rings. The van der Waals surface area contributed by atoms with E-state index in [0.717, 1.165) is 31.9 Å². The van der Waals surface area contributed by atoms with Crippen molar-refractivity contribution in [2.75, 3.05) is 40.0 Å². The van der Waals surface area contributed by atoms with Gasteiger partial charge in [-0.3, -0.25) is 9.69 Å². The van der Waals surface area contributed by atoms with Gasteiger partial charge in [0.15, 0.2) is 11.5 Å². The number of halogens is 1. The van der Waals surface area contributed by atoms with Crippen LogP contribution in [0.2, 0.25) is 5.02 Å². The summed E-state index contributed by atoms with van der Waals surface area (Å²) in [5.41, 5.74) is 1.54. The van der Waals surface area contributed by atoms with Crippen LogP contribution in [0.25, 0.3) is 0 Å². The molecule has 0 radical (unpaired) electrons. The molecular weight excluding hydrogens is 416 g/mol. The van der Waals surface area contributed by atoms with Gasteiger partial charge in [-0.25, -0.2) is 0 Å². The quantitative estimate of drug-likeness (QED) is 0.630. The molecule has 0 aliphatic carbocycles. The van der Waals surface area contributed by atoms with Gasteiger partial charge >= 0.3 is 0 Å². The monoisotopic (exact) mass is 446 g/mol. The van der Waals surface area contributed by atoms with Gasteiger partial charge in [0.05, 0.1) is 20.3 Å². The van der Waals surface area contributed by atoms with Gasteiger partial charge in [0.25, 0.3) is 5.91 Å². The van der Waals surface area contributed by atoms with E-state index in [2.05, 4.69) is 24.1 Å². The summed E-state index contributed by atoms with van der Waals surface area (Å²) in [5, 5.41) is 3.77. The molecule has 2 aromatic carbocycles. The number of benzene rings is 2. The number of amides is 1. The molecule has 1 aliphatic rings. The van der Waals surface area contributed by atoms with Gasteiger partial charge in [-0.05, 0) is 41.8 Å². The van der Waals surface area contributed by atoms with Crippen molar-refractivity contribution in [2.45, 2.75) is 26.5 Å². The molecular formula is C24H31ClN2O4. The number of carbonyl (C=O) groups is 1. The third-order valence-corrected chi connectivity index (χ3v) is 5.74. The fourth-order valence-electron chi connectivity index (χ4n) is 3.66. The SMILES string of the molecule is COc1cc(C(=O)NC[C@@H](C(C)C)N2CCOCC2)ccc1OCc1ccc(Cl)cc1. The fourth-order valence-corrected chi connectivity index (χ4v) is 3.79. The number of rotatable bonds is 9. The van der Waals surface area contributed by atoms with Gasteiger partial charge in [0.2, 0.25) is 0 Å². The third-order valence-electron chi connectivity index (χ3n) is 5.49. The van der Waals surface area contributed by atoms with Crippen LogP contribution < -0.4 is 14.8 Å². The predicted molar refractivity (Wildman–Crippen MR) is 122 cm³/mol. The number of hydrogen-bond donors (Lipinski definition) is 1. The maximum absolute atomic E-state index is 12.8. The Morgan fingerprint density at radius 1 is 1.13 bits per heavy atom. The van der Waals surface area contributed by atoms with Crippen molar-refractivity contribution in [1.82, 2.24) is 10.2 Å². The largest absolute Gasteiger partial charge is 0.493 e. The lowest BCUT2D eigenvalue weighted by molar-refractivity contribution is 0.00672. The molecule has 0 bridgehead atoms. The van der Waals surface area contributed by atoms with Gasteiger partial charge in [-0.1, -0.05) is 37.6 Å². The molecule has 0 aromatic heterocycles. The molecule has 1 atom stereocenters. The van der Waals surface area contributed by atoms with Crippen molar-refractivity contribution in [1.29, 1.82) is 0 Å². The van der Waals surface area contributed by atoms with Crippen LogP contribution in [0.1, 0.15) is 29.8 Å². The summed E-state index contributed by atoms with van der Waals surface area (Å²) < 4.78 is 16.8. The molecule has 31 heavy (non-hydrogen) atoms. The summed E-state index contributed by atoms with van der Waals surface area (Å²) in [6, 6.07) is 13.0. The highest BCUT2D eigenvalue weighted by Gasteiger charge is 2.24. The van der Waals surface area contributed by atoms with Crippen LogP contribution in [0.4, 0.5) is 0 Å². The lowest BCUT2D eigenvalue weighted by atomic mass is 10.0. The Balaban J connectivity index is 1.60. The van der Waals surface area contributed by atoms with Crippen LogP contribution >= 0.6 is 11.6 Å². The molecule has 7 heteroatoms. The summed E-state index contributed by atoms with van der Waals surface area (Å²) in [6.45, 7) is 8.61. The maximum atomic E-state index is 12.8. The topological polar surface area (TPSA) is 60.0 Å². The highest BCUT2D eigenvalue weighted by atomic mass is 35.5. The van der Waals surface area contributed by atoms with Gasteiger partial charge in [-0.2, -0.15) is 0 Å². The van der Waals surface area contributed by atoms with E-state index in [1.54, 1.807) is 25.3 Å². The van der Waals surface area contributed by atoms with Crippen LogP contribution in [0.5, 0.6) is 11.5 Å². The van der Waals surface area contributed by atoms with E-state index in [0.29, 0.717) is 41.2 Å². The smallest absolute Gasteiger partial charge is 0.251 e. The van der Waals surface area contributed by atoms with E-state index in [4.69, 9.17) is 25.8 Å². The second kappa shape index (κ2) is 11.4. The Morgan fingerprint density at radius 3 is 2.48 bits per heavy atom. The number of morpholine rings is 1. The van der Waals surface area contributed by atoms with Gasteiger partial charge in [-0.15, -0.1) is 0 Å². The third kappa shape index (κ3) is 6.60. The minimum atomic E-state index is -0.124. The minimum absolute atomic E-state index is 0.124. The molecule has 1 N–H and O–H groups in total. The molecule has 2 aromatic rings. The van der Waals surface area contributed by atoms with E-state index in [-0.39, 0.29) is 11.9 Å². The molecule has 168 valence electrons. The number of carbonyl (C=O) groups excluding carboxylic acids is 1. The molecule has 0 unspecified atom stereocenters. The molecule has 1 heterocycles. The highest BCUT2D eigenvalue weighted by Crippen LogP contribution is 2.29. The first-order valence-corrected chi connectivity index (χ1v) is 11.0. The summed E-state index contributed by atoms with van der Waals surface area (Å²) in [5.74, 6) is 1.41. The van der Waals surface area contributed by atoms with Gasteiger partial charge < -0.3 is 19.5 Å². The molecule has 1 amide bonds. The van der Waals surface area contributed by atoms with Crippen LogP contribution in [0.15, 0.2) is 42.5 Å². The Kier molecular flexibility index (Phi) is 8.58. The predicted octanol–water partition coefficient (Wildman–Crippen LogP) is 4.01. The number of methoxy groups -OCH3 is 1. The summed E-state index contributed by atoms with van der Waals surface area (Å²) in [7, 11) is 1.57. The van der Waals surface area contributed by atoms with E-state index in [1.165, 1.54) is 0 Å². The van der Waals surface area contributed by atoms with Crippen LogP contribution in [0, 0.1) is 5.92 Å². The van der Waals surface area contributed by atoms with E-state index >= 15 is 0 Å². The summed E-state index contributed by atoms with van der Waals surface area (Å²) in [4.78, 5) is 15.2. The van der Waals surface area contributed by atoms with Crippen molar-refractivity contribution in [3.63, 3.8) is 0 Å². The lowest BCUT2D eigenvalue weighted by Gasteiger charge is -2.36. The first-order chi connectivity index (χ1) is 15.0. The second-order valence-electron chi connectivity index (χ2n) is 7.95. The average Bonchev–Trinajstić information content (AvgIpc) is 2.79. The summed E-state index contributed by atoms with van der Waals surface area (Å²) in [6.07, 6.45) is 0. The molecule has 6 nitrogen and oxygen atoms in total. The minimum Gasteiger partial charge on any atom is -0.493 e. The molecule has 3 rings (SSSR count). The van der Waals surface area contributed by atoms with Crippen LogP contribution in [-0.4, -0.2) is 56.8 Å². The normalized spacial score (nSPS) is 15.5. The number of nitrogens with one attached hydrogen (secondary N) is 1. The molecule has 0 saturated carbocycles. The first kappa shape index (κ1) is 23.4. The van der Waals surface area contributed by atoms with Gasteiger partial charge in [0, 0.05) is 36.3 Å². The Labute approximate surface area is 189 Å². The summed E-state index contributed by atoms with van der Waals surface area (Å²) >= 11 is 5.92. The Morgan fingerprint density at radius 2 is 1.84 bits per heavy atom. The highest BCUT2D eigenvalue weighted by molar-refractivity contribution is 6.30. The second-order valence-corrected chi connectivity index (χ2v) is 8.39. The van der Waals surface area contributed by atoms with E-state index < -0.39 is 0 Å². The Hall–Kier alpha value is -2.28. The zero-order valence-electron chi connectivity index (χ0n) is 18.4. The zero-order valence-corrected chi connectivity index (χ0v) is 19.2. The standard InChI is InChI=1S/C24H31ClN2O4/c1-17(2)21(27-10-12-30-13-11-27)15-26-24(28)19-6-9-22(23(14-19)29-3)31-16-18-4-7-20(25)8-5-18/h4-9,14,17,21H,10-13,15-16H2,1-3H3,(H,26,28)/t21-/m0/s1. The number of nitrogens with zero attached hydrogens (tertiary/aromatic N) is 1. The van der Waals surface area contributed by atoms with Crippen molar-refractivity contribution in [3.05, 3.63) is 58.6 Å². The van der Waals surface area contributed by atoms with E-state index in [9.17, 15) is 4.79 Å². The van der Waals surface area contributed by atoms with Crippen molar-refractivity contribution in [3.8, 4) is 11.5 Å². The Bertz CT molecular complexity index is 851. The van der Waals surface area contributed by atoms with E-state index in [1.807, 2.05) is 24.3 Å². The van der Waals surface area contributed by atoms with Crippen LogP contribution in [0.3, 0.4) is 0 Å². The van der Waals surface area contributed by atoms with Crippen molar-refractivity contribution >= 4 is 17.5 Å². The fraction of sp³-hybridized carbons (Fsp3) is 0.458. The van der Waals surface area contributed by atoms with Crippen molar-refractivity contribution < 1.29 is 19.0 Å².